The minimum absolute atomic E-state index is 0.0215. The van der Waals surface area contributed by atoms with E-state index in [9.17, 15) is 23.2 Å². The Hall–Kier alpha value is -5.50. The van der Waals surface area contributed by atoms with E-state index in [0.29, 0.717) is 48.9 Å². The largest absolute Gasteiger partial charge is 0.457 e. The van der Waals surface area contributed by atoms with Gasteiger partial charge in [0.05, 0.1) is 34.9 Å². The second kappa shape index (κ2) is 15.9. The lowest BCUT2D eigenvalue weighted by atomic mass is 10.2. The molecule has 4 amide bonds. The van der Waals surface area contributed by atoms with Crippen molar-refractivity contribution in [1.82, 2.24) is 25.1 Å². The van der Waals surface area contributed by atoms with Gasteiger partial charge in [-0.1, -0.05) is 6.07 Å². The summed E-state index contributed by atoms with van der Waals surface area (Å²) in [6.07, 6.45) is 3.61. The summed E-state index contributed by atoms with van der Waals surface area (Å²) in [5, 5.41) is 7.67. The molecule has 252 valence electrons. The van der Waals surface area contributed by atoms with Gasteiger partial charge in [-0.3, -0.25) is 14.7 Å². The predicted molar refractivity (Wildman–Crippen MR) is 176 cm³/mol. The first-order valence-corrected chi connectivity index (χ1v) is 15.6. The van der Waals surface area contributed by atoms with Crippen molar-refractivity contribution in [3.8, 4) is 22.9 Å². The normalized spacial score (nSPS) is 13.1. The lowest BCUT2D eigenvalue weighted by Gasteiger charge is -2.33. The molecule has 0 aliphatic carbocycles. The zero-order valence-corrected chi connectivity index (χ0v) is 26.6. The first-order chi connectivity index (χ1) is 23.2. The molecule has 12 nitrogen and oxygen atoms in total. The number of hydrogen-bond acceptors (Lipinski definition) is 7. The molecule has 3 heterocycles. The van der Waals surface area contributed by atoms with Gasteiger partial charge in [-0.05, 0) is 68.8 Å². The second-order valence-corrected chi connectivity index (χ2v) is 11.1. The van der Waals surface area contributed by atoms with Gasteiger partial charge in [-0.15, -0.1) is 0 Å². The van der Waals surface area contributed by atoms with Crippen molar-refractivity contribution in [2.75, 3.05) is 56.5 Å². The first kappa shape index (κ1) is 33.9. The number of urea groups is 1. The summed E-state index contributed by atoms with van der Waals surface area (Å²) in [6, 6.07) is 12.3. The Morgan fingerprint density at radius 3 is 2.46 bits per heavy atom. The Bertz CT molecular complexity index is 1760. The molecular formula is C34H37F2N7O5. The maximum Gasteiger partial charge on any atom is 0.409 e. The Balaban J connectivity index is 1.09. The number of anilines is 2. The van der Waals surface area contributed by atoms with Gasteiger partial charge in [0.25, 0.3) is 5.91 Å². The monoisotopic (exact) mass is 661 g/mol. The highest BCUT2D eigenvalue weighted by molar-refractivity contribution is 6.00. The number of benzene rings is 2. The Morgan fingerprint density at radius 1 is 0.917 bits per heavy atom. The highest BCUT2D eigenvalue weighted by Gasteiger charge is 2.21. The Labute approximate surface area is 276 Å². The van der Waals surface area contributed by atoms with Gasteiger partial charge in [0.2, 0.25) is 0 Å². The van der Waals surface area contributed by atoms with Crippen LogP contribution in [-0.4, -0.2) is 83.7 Å². The fourth-order valence-corrected chi connectivity index (χ4v) is 5.08. The Kier molecular flexibility index (Phi) is 11.2. The third-order valence-corrected chi connectivity index (χ3v) is 7.58. The maximum atomic E-state index is 14.8. The topological polar surface area (TPSA) is 141 Å². The summed E-state index contributed by atoms with van der Waals surface area (Å²) >= 11 is 0. The molecule has 0 radical (unpaired) electrons. The number of nitrogens with one attached hydrogen (secondary N) is 4. The van der Waals surface area contributed by atoms with Gasteiger partial charge in [0, 0.05) is 57.3 Å². The average Bonchev–Trinajstić information content (AvgIpc) is 3.57. The summed E-state index contributed by atoms with van der Waals surface area (Å²) in [6.45, 7) is 7.98. The van der Waals surface area contributed by atoms with E-state index >= 15 is 0 Å². The van der Waals surface area contributed by atoms with E-state index in [0.717, 1.165) is 37.7 Å². The number of carbonyl (C=O) groups excluding carboxylic acids is 3. The quantitative estimate of drug-likeness (QED) is 0.145. The smallest absolute Gasteiger partial charge is 0.409 e. The molecule has 1 fully saturated rings. The maximum absolute atomic E-state index is 14.8. The number of ether oxygens (including phenoxy) is 2. The van der Waals surface area contributed by atoms with Crippen LogP contribution in [0.2, 0.25) is 0 Å². The summed E-state index contributed by atoms with van der Waals surface area (Å²) in [4.78, 5) is 48.3. The van der Waals surface area contributed by atoms with Crippen molar-refractivity contribution in [1.29, 1.82) is 0 Å². The number of amides is 4. The van der Waals surface area contributed by atoms with E-state index in [-0.39, 0.29) is 29.1 Å². The molecule has 4 N–H and O–H groups in total. The number of aromatic amines is 1. The molecule has 48 heavy (non-hydrogen) atoms. The van der Waals surface area contributed by atoms with E-state index < -0.39 is 17.7 Å². The number of pyridine rings is 1. The number of H-pyrrole nitrogens is 1. The van der Waals surface area contributed by atoms with Crippen molar-refractivity contribution >= 4 is 29.4 Å². The SMILES string of the molecule is CCOC(=O)N1CCN(CCCNC(=O)c2c[nH]c(-c3cc(Oc4ccc(NC(=O)Nc5cc(C)ccc5F)c(F)c4)ccn3)c2)CC1. The number of nitrogens with zero attached hydrogens (tertiary/aromatic N) is 3. The van der Waals surface area contributed by atoms with Crippen LogP contribution in [0.3, 0.4) is 0 Å². The molecule has 1 aliphatic heterocycles. The van der Waals surface area contributed by atoms with E-state index in [1.54, 1.807) is 49.2 Å². The molecular weight excluding hydrogens is 624 g/mol. The zero-order valence-electron chi connectivity index (χ0n) is 26.6. The number of aromatic nitrogens is 2. The summed E-state index contributed by atoms with van der Waals surface area (Å²) < 4.78 is 39.7. The average molecular weight is 662 g/mol. The van der Waals surface area contributed by atoms with Crippen LogP contribution in [0, 0.1) is 18.6 Å². The van der Waals surface area contributed by atoms with E-state index in [2.05, 4.69) is 30.8 Å². The molecule has 0 saturated carbocycles. The van der Waals surface area contributed by atoms with Crippen LogP contribution in [0.15, 0.2) is 67.0 Å². The molecule has 2 aromatic heterocycles. The third-order valence-electron chi connectivity index (χ3n) is 7.58. The number of hydrogen-bond donors (Lipinski definition) is 4. The lowest BCUT2D eigenvalue weighted by molar-refractivity contribution is 0.0788. The third kappa shape index (κ3) is 9.06. The number of rotatable bonds is 11. The van der Waals surface area contributed by atoms with Crippen molar-refractivity contribution in [3.05, 3.63) is 89.8 Å². The van der Waals surface area contributed by atoms with Gasteiger partial charge in [0.1, 0.15) is 23.1 Å². The van der Waals surface area contributed by atoms with Crippen LogP contribution in [0.1, 0.15) is 29.3 Å². The highest BCUT2D eigenvalue weighted by Crippen LogP contribution is 2.28. The summed E-state index contributed by atoms with van der Waals surface area (Å²) in [7, 11) is 0. The minimum atomic E-state index is -0.799. The summed E-state index contributed by atoms with van der Waals surface area (Å²) in [5.74, 6) is -1.04. The van der Waals surface area contributed by atoms with Gasteiger partial charge >= 0.3 is 12.1 Å². The van der Waals surface area contributed by atoms with Gasteiger partial charge < -0.3 is 35.3 Å². The molecule has 14 heteroatoms. The van der Waals surface area contributed by atoms with E-state index in [1.165, 1.54) is 30.5 Å². The van der Waals surface area contributed by atoms with Gasteiger partial charge in [0.15, 0.2) is 0 Å². The second-order valence-electron chi connectivity index (χ2n) is 11.1. The van der Waals surface area contributed by atoms with Crippen LogP contribution in [-0.2, 0) is 4.74 Å². The number of piperazine rings is 1. The van der Waals surface area contributed by atoms with Crippen molar-refractivity contribution in [2.24, 2.45) is 0 Å². The molecule has 0 atom stereocenters. The van der Waals surface area contributed by atoms with Crippen LogP contribution in [0.4, 0.5) is 29.7 Å². The predicted octanol–water partition coefficient (Wildman–Crippen LogP) is 5.99. The van der Waals surface area contributed by atoms with E-state index in [4.69, 9.17) is 9.47 Å². The minimum Gasteiger partial charge on any atom is -0.457 e. The van der Waals surface area contributed by atoms with Gasteiger partial charge in [-0.2, -0.15) is 0 Å². The first-order valence-electron chi connectivity index (χ1n) is 15.6. The van der Waals surface area contributed by atoms with Crippen LogP contribution < -0.4 is 20.7 Å². The molecule has 4 aromatic rings. The molecule has 0 unspecified atom stereocenters. The van der Waals surface area contributed by atoms with Crippen LogP contribution in [0.25, 0.3) is 11.4 Å². The fraction of sp³-hybridized carbons (Fsp3) is 0.294. The molecule has 1 aliphatic rings. The lowest BCUT2D eigenvalue weighted by Crippen LogP contribution is -2.49. The molecule has 1 saturated heterocycles. The zero-order chi connectivity index (χ0) is 34.0. The highest BCUT2D eigenvalue weighted by atomic mass is 19.1. The van der Waals surface area contributed by atoms with Crippen molar-refractivity contribution in [3.63, 3.8) is 0 Å². The van der Waals surface area contributed by atoms with Crippen LogP contribution in [0.5, 0.6) is 11.5 Å². The number of halogens is 2. The Morgan fingerprint density at radius 2 is 1.69 bits per heavy atom. The number of carbonyl (C=O) groups is 3. The fourth-order valence-electron chi connectivity index (χ4n) is 5.08. The molecule has 0 bridgehead atoms. The van der Waals surface area contributed by atoms with Crippen molar-refractivity contribution < 1.29 is 32.6 Å². The van der Waals surface area contributed by atoms with E-state index in [1.807, 2.05) is 0 Å². The number of aryl methyl sites for hydroxylation is 1. The summed E-state index contributed by atoms with van der Waals surface area (Å²) in [5.41, 5.74) is 2.16. The molecule has 2 aromatic carbocycles. The van der Waals surface area contributed by atoms with Crippen LogP contribution >= 0.6 is 0 Å². The standard InChI is InChI=1S/C34H37F2N7O5/c1-3-47-34(46)43-15-13-42(14-16-43)12-4-10-38-32(44)23-18-30(39-21-23)31-20-25(9-11-37-31)48-24-6-8-28(27(36)19-24)40-33(45)41-29-17-22(2)5-7-26(29)35/h5-9,11,17-21,39H,3-4,10,12-16H2,1-2H3,(H,38,44)(H2,40,41,45). The van der Waals surface area contributed by atoms with Gasteiger partial charge in [-0.25, -0.2) is 18.4 Å². The molecule has 5 rings (SSSR count). The molecule has 0 spiro atoms. The van der Waals surface area contributed by atoms with Crippen molar-refractivity contribution in [2.45, 2.75) is 20.3 Å².